The van der Waals surface area contributed by atoms with Gasteiger partial charge in [-0.3, -0.25) is 19.0 Å². The second-order valence-corrected chi connectivity index (χ2v) is 5.23. The molecule has 0 aliphatic heterocycles. The van der Waals surface area contributed by atoms with Crippen molar-refractivity contribution >= 4 is 22.7 Å². The molecule has 0 N–H and O–H groups in total. The number of ketones is 2. The number of rotatable bonds is 4. The van der Waals surface area contributed by atoms with Crippen LogP contribution < -0.4 is 5.56 Å². The van der Waals surface area contributed by atoms with Crippen molar-refractivity contribution in [2.45, 2.75) is 19.9 Å². The Labute approximate surface area is 134 Å². The SMILES string of the molecule is CC(=O)C(C(C)=O)n1cnc2c(nnn2-c2cccc(F)c2)c1=O. The number of hydrogen-bond donors (Lipinski definition) is 0. The number of fused-ring (bicyclic) bond motifs is 1. The lowest BCUT2D eigenvalue weighted by Gasteiger charge is -2.12. The quantitative estimate of drug-likeness (QED) is 0.658. The summed E-state index contributed by atoms with van der Waals surface area (Å²) in [6, 6.07) is 4.30. The Morgan fingerprint density at radius 2 is 1.92 bits per heavy atom. The first-order valence-electron chi connectivity index (χ1n) is 6.99. The van der Waals surface area contributed by atoms with Gasteiger partial charge in [0.1, 0.15) is 12.1 Å². The number of hydrogen-bond acceptors (Lipinski definition) is 6. The summed E-state index contributed by atoms with van der Waals surface area (Å²) in [7, 11) is 0. The van der Waals surface area contributed by atoms with E-state index in [0.717, 1.165) is 10.9 Å². The van der Waals surface area contributed by atoms with Gasteiger partial charge in [0, 0.05) is 0 Å². The minimum absolute atomic E-state index is 0.104. The van der Waals surface area contributed by atoms with E-state index in [0.29, 0.717) is 5.69 Å². The highest BCUT2D eigenvalue weighted by Crippen LogP contribution is 2.14. The van der Waals surface area contributed by atoms with Crippen LogP contribution in [0.1, 0.15) is 19.9 Å². The third-order valence-electron chi connectivity index (χ3n) is 3.49. The lowest BCUT2D eigenvalue weighted by Crippen LogP contribution is -2.33. The van der Waals surface area contributed by atoms with Crippen LogP contribution in [-0.2, 0) is 9.59 Å². The Morgan fingerprint density at radius 1 is 1.21 bits per heavy atom. The number of aromatic nitrogens is 5. The maximum Gasteiger partial charge on any atom is 0.284 e. The van der Waals surface area contributed by atoms with E-state index >= 15 is 0 Å². The van der Waals surface area contributed by atoms with E-state index in [2.05, 4.69) is 15.3 Å². The van der Waals surface area contributed by atoms with Crippen molar-refractivity contribution < 1.29 is 14.0 Å². The molecule has 122 valence electrons. The summed E-state index contributed by atoms with van der Waals surface area (Å²) in [5.74, 6) is -1.44. The Bertz CT molecular complexity index is 1010. The van der Waals surface area contributed by atoms with Crippen LogP contribution in [0.4, 0.5) is 4.39 Å². The molecule has 0 saturated heterocycles. The topological polar surface area (TPSA) is 99.7 Å². The minimum atomic E-state index is -1.26. The maximum atomic E-state index is 13.4. The molecule has 0 spiro atoms. The van der Waals surface area contributed by atoms with Crippen molar-refractivity contribution in [2.24, 2.45) is 0 Å². The normalized spacial score (nSPS) is 11.2. The van der Waals surface area contributed by atoms with E-state index < -0.39 is 29.0 Å². The zero-order chi connectivity index (χ0) is 17.4. The third kappa shape index (κ3) is 2.49. The molecule has 0 radical (unpaired) electrons. The molecule has 0 amide bonds. The zero-order valence-electron chi connectivity index (χ0n) is 12.8. The number of halogens is 1. The molecule has 0 fully saturated rings. The van der Waals surface area contributed by atoms with E-state index in [1.807, 2.05) is 0 Å². The molecular weight excluding hydrogens is 317 g/mol. The lowest BCUT2D eigenvalue weighted by atomic mass is 10.1. The van der Waals surface area contributed by atoms with Crippen LogP contribution in [0.15, 0.2) is 35.4 Å². The molecule has 1 aromatic carbocycles. The predicted octanol–water partition coefficient (Wildman–Crippen LogP) is 0.835. The van der Waals surface area contributed by atoms with E-state index in [1.54, 1.807) is 6.07 Å². The highest BCUT2D eigenvalue weighted by molar-refractivity contribution is 6.02. The van der Waals surface area contributed by atoms with Gasteiger partial charge in [0.2, 0.25) is 0 Å². The Kier molecular flexibility index (Phi) is 3.76. The van der Waals surface area contributed by atoms with Crippen LogP contribution in [0, 0.1) is 5.82 Å². The van der Waals surface area contributed by atoms with Gasteiger partial charge in [-0.1, -0.05) is 11.3 Å². The molecule has 3 rings (SSSR count). The van der Waals surface area contributed by atoms with Gasteiger partial charge in [0.25, 0.3) is 5.56 Å². The summed E-state index contributed by atoms with van der Waals surface area (Å²) in [5, 5.41) is 7.57. The highest BCUT2D eigenvalue weighted by atomic mass is 19.1. The first-order valence-corrected chi connectivity index (χ1v) is 6.99. The molecule has 0 atom stereocenters. The number of Topliss-reactive ketones (excluding diaryl/α,β-unsaturated/α-hetero) is 2. The summed E-state index contributed by atoms with van der Waals surface area (Å²) in [5.41, 5.74) is -0.336. The third-order valence-corrected chi connectivity index (χ3v) is 3.49. The first-order chi connectivity index (χ1) is 11.4. The average Bonchev–Trinajstić information content (AvgIpc) is 2.94. The summed E-state index contributed by atoms with van der Waals surface area (Å²) in [6.07, 6.45) is 1.09. The van der Waals surface area contributed by atoms with Gasteiger partial charge in [0.05, 0.1) is 5.69 Å². The fourth-order valence-corrected chi connectivity index (χ4v) is 2.47. The standard InChI is InChI=1S/C15H12FN5O3/c1-8(22)13(9(2)23)20-7-17-14-12(15(20)24)18-19-21(14)11-5-3-4-10(16)6-11/h3-7,13H,1-2H3. The molecule has 9 heteroatoms. The summed E-state index contributed by atoms with van der Waals surface area (Å²) < 4.78 is 15.5. The molecule has 0 aliphatic rings. The van der Waals surface area contributed by atoms with Crippen LogP contribution in [-0.4, -0.2) is 36.1 Å². The fourth-order valence-electron chi connectivity index (χ4n) is 2.47. The monoisotopic (exact) mass is 329 g/mol. The maximum absolute atomic E-state index is 13.4. The Hall–Kier alpha value is -3.23. The van der Waals surface area contributed by atoms with E-state index in [9.17, 15) is 18.8 Å². The van der Waals surface area contributed by atoms with Crippen molar-refractivity contribution in [1.29, 1.82) is 0 Å². The van der Waals surface area contributed by atoms with Gasteiger partial charge in [-0.2, -0.15) is 4.68 Å². The molecule has 24 heavy (non-hydrogen) atoms. The van der Waals surface area contributed by atoms with E-state index in [-0.39, 0.29) is 11.2 Å². The van der Waals surface area contributed by atoms with Gasteiger partial charge in [-0.25, -0.2) is 9.37 Å². The van der Waals surface area contributed by atoms with Gasteiger partial charge in [-0.05, 0) is 32.0 Å². The molecule has 2 heterocycles. The number of carbonyl (C=O) groups excluding carboxylic acids is 2. The van der Waals surface area contributed by atoms with Gasteiger partial charge in [-0.15, -0.1) is 5.10 Å². The van der Waals surface area contributed by atoms with E-state index in [4.69, 9.17) is 0 Å². The second kappa shape index (κ2) is 5.76. The highest BCUT2D eigenvalue weighted by Gasteiger charge is 2.25. The van der Waals surface area contributed by atoms with Crippen LogP contribution in [0.25, 0.3) is 16.9 Å². The number of carbonyl (C=O) groups is 2. The molecule has 0 aliphatic carbocycles. The van der Waals surface area contributed by atoms with Crippen molar-refractivity contribution in [2.75, 3.05) is 0 Å². The number of benzene rings is 1. The molecule has 8 nitrogen and oxygen atoms in total. The smallest absolute Gasteiger partial charge is 0.284 e. The predicted molar refractivity (Wildman–Crippen MR) is 81.3 cm³/mol. The average molecular weight is 329 g/mol. The number of nitrogens with zero attached hydrogens (tertiary/aromatic N) is 5. The van der Waals surface area contributed by atoms with Gasteiger partial charge >= 0.3 is 0 Å². The molecule has 2 aromatic heterocycles. The van der Waals surface area contributed by atoms with Gasteiger partial charge in [0.15, 0.2) is 28.8 Å². The van der Waals surface area contributed by atoms with Crippen molar-refractivity contribution in [3.8, 4) is 5.69 Å². The van der Waals surface area contributed by atoms with Crippen molar-refractivity contribution in [3.05, 3.63) is 46.8 Å². The van der Waals surface area contributed by atoms with Crippen LogP contribution in [0.5, 0.6) is 0 Å². The largest absolute Gasteiger partial charge is 0.297 e. The fraction of sp³-hybridized carbons (Fsp3) is 0.200. The van der Waals surface area contributed by atoms with Gasteiger partial charge < -0.3 is 0 Å². The van der Waals surface area contributed by atoms with Crippen molar-refractivity contribution in [1.82, 2.24) is 24.5 Å². The molecule has 0 unspecified atom stereocenters. The summed E-state index contributed by atoms with van der Waals surface area (Å²) in [4.78, 5) is 39.9. The lowest BCUT2D eigenvalue weighted by molar-refractivity contribution is -0.129. The second-order valence-electron chi connectivity index (χ2n) is 5.23. The Morgan fingerprint density at radius 3 is 2.54 bits per heavy atom. The molecule has 3 aromatic rings. The molecule has 0 bridgehead atoms. The van der Waals surface area contributed by atoms with Crippen LogP contribution >= 0.6 is 0 Å². The first kappa shape index (κ1) is 15.7. The van der Waals surface area contributed by atoms with Crippen molar-refractivity contribution in [3.63, 3.8) is 0 Å². The summed E-state index contributed by atoms with van der Waals surface area (Å²) >= 11 is 0. The summed E-state index contributed by atoms with van der Waals surface area (Å²) in [6.45, 7) is 2.43. The minimum Gasteiger partial charge on any atom is -0.297 e. The zero-order valence-corrected chi connectivity index (χ0v) is 12.8. The van der Waals surface area contributed by atoms with Crippen LogP contribution in [0.2, 0.25) is 0 Å². The molecular formula is C15H12FN5O3. The molecule has 0 saturated carbocycles. The van der Waals surface area contributed by atoms with Crippen LogP contribution in [0.3, 0.4) is 0 Å². The van der Waals surface area contributed by atoms with E-state index in [1.165, 1.54) is 36.7 Å². The Balaban J connectivity index is 2.21.